The lowest BCUT2D eigenvalue weighted by Crippen LogP contribution is -2.45. The monoisotopic (exact) mass is 830 g/mol. The summed E-state index contributed by atoms with van der Waals surface area (Å²) < 4.78 is 4.65. The Morgan fingerprint density at radius 2 is 1.63 bits per heavy atom. The Balaban J connectivity index is 0.755. The first kappa shape index (κ1) is 38.8. The highest BCUT2D eigenvalue weighted by Crippen LogP contribution is 2.30. The molecule has 1 saturated carbocycles. The number of amides is 3. The molecule has 0 bridgehead atoms. The number of aromatic nitrogens is 6. The normalized spacial score (nSPS) is 17.1. The van der Waals surface area contributed by atoms with Crippen molar-refractivity contribution in [1.29, 1.82) is 0 Å². The van der Waals surface area contributed by atoms with Crippen molar-refractivity contribution in [3.63, 3.8) is 0 Å². The quantitative estimate of drug-likeness (QED) is 0.128. The van der Waals surface area contributed by atoms with Crippen LogP contribution in [0.3, 0.4) is 0 Å². The van der Waals surface area contributed by atoms with Crippen molar-refractivity contribution >= 4 is 57.3 Å². The van der Waals surface area contributed by atoms with E-state index in [4.69, 9.17) is 10.1 Å². The van der Waals surface area contributed by atoms with E-state index in [0.29, 0.717) is 29.1 Å². The van der Waals surface area contributed by atoms with Crippen molar-refractivity contribution in [2.75, 3.05) is 48.8 Å². The molecule has 6 heterocycles. The number of benzene rings is 3. The number of piperazine rings is 1. The Morgan fingerprint density at radius 1 is 0.823 bits per heavy atom. The zero-order chi connectivity index (χ0) is 42.5. The minimum absolute atomic E-state index is 0.180. The molecule has 1 aliphatic carbocycles. The largest absolute Gasteiger partial charge is 0.385 e. The molecular formula is C46H46N12O4. The topological polar surface area (TPSA) is 176 Å². The minimum Gasteiger partial charge on any atom is -0.385 e. The van der Waals surface area contributed by atoms with Crippen LogP contribution in [0.5, 0.6) is 0 Å². The molecule has 3 amide bonds. The number of nitrogens with zero attached hydrogens (tertiary/aromatic N) is 8. The van der Waals surface area contributed by atoms with Gasteiger partial charge in [-0.05, 0) is 78.4 Å². The van der Waals surface area contributed by atoms with Crippen LogP contribution >= 0.6 is 0 Å². The minimum atomic E-state index is -0.711. The number of aryl methyl sites for hydroxylation is 1. The molecule has 3 fully saturated rings. The van der Waals surface area contributed by atoms with Crippen molar-refractivity contribution in [3.05, 3.63) is 119 Å². The smallest absolute Gasteiger partial charge is 0.329 e. The maximum atomic E-state index is 13.2. The first-order chi connectivity index (χ1) is 30.2. The molecule has 0 spiro atoms. The lowest BCUT2D eigenvalue weighted by atomic mass is 10.0. The fourth-order valence-corrected chi connectivity index (χ4v) is 8.51. The maximum absolute atomic E-state index is 13.2. The van der Waals surface area contributed by atoms with E-state index in [-0.39, 0.29) is 30.0 Å². The number of imidazole rings is 2. The Morgan fingerprint density at radius 3 is 2.37 bits per heavy atom. The van der Waals surface area contributed by atoms with Gasteiger partial charge in [0, 0.05) is 88.5 Å². The second-order valence-electron chi connectivity index (χ2n) is 16.3. The van der Waals surface area contributed by atoms with E-state index in [1.165, 1.54) is 4.57 Å². The van der Waals surface area contributed by atoms with E-state index in [2.05, 4.69) is 72.4 Å². The van der Waals surface area contributed by atoms with Gasteiger partial charge < -0.3 is 20.9 Å². The molecule has 7 aromatic rings. The first-order valence-corrected chi connectivity index (χ1v) is 21.0. The van der Waals surface area contributed by atoms with E-state index >= 15 is 0 Å². The lowest BCUT2D eigenvalue weighted by molar-refractivity contribution is -0.135. The van der Waals surface area contributed by atoms with Crippen LogP contribution in [0.15, 0.2) is 102 Å². The van der Waals surface area contributed by atoms with Gasteiger partial charge in [-0.25, -0.2) is 14.3 Å². The molecule has 4 N–H and O–H groups in total. The summed E-state index contributed by atoms with van der Waals surface area (Å²) in [4.78, 5) is 64.6. The molecule has 1 unspecified atom stereocenters. The first-order valence-electron chi connectivity index (χ1n) is 21.0. The summed E-state index contributed by atoms with van der Waals surface area (Å²) in [6, 6.07) is 28.0. The third-order valence-corrected chi connectivity index (χ3v) is 12.1. The second-order valence-corrected chi connectivity index (χ2v) is 16.3. The van der Waals surface area contributed by atoms with E-state index < -0.39 is 11.9 Å². The van der Waals surface area contributed by atoms with Gasteiger partial charge in [-0.2, -0.15) is 0 Å². The van der Waals surface area contributed by atoms with Gasteiger partial charge >= 0.3 is 5.69 Å². The number of hydrogen-bond donors (Lipinski definition) is 4. The summed E-state index contributed by atoms with van der Waals surface area (Å²) in [5.74, 6) is -0.354. The second kappa shape index (κ2) is 15.9. The SMILES string of the molecule is CNc1cc(Nc2cccc(-c3ccc(CN4CCN(c5ccc(-c6ccc7c(c6)n(C)c(=O)n7C6CCC(=O)NC6=O)cc5)CC4)cn3)c2)nn2c(C(=O)NC3CC3)cnc12. The van der Waals surface area contributed by atoms with Crippen molar-refractivity contribution < 1.29 is 14.4 Å². The number of nitrogens with one attached hydrogen (secondary N) is 4. The molecule has 1 atom stereocenters. The summed E-state index contributed by atoms with van der Waals surface area (Å²) in [6.45, 7) is 4.47. The molecule has 62 heavy (non-hydrogen) atoms. The zero-order valence-electron chi connectivity index (χ0n) is 34.5. The van der Waals surface area contributed by atoms with Gasteiger partial charge in [-0.15, -0.1) is 5.10 Å². The summed E-state index contributed by atoms with van der Waals surface area (Å²) in [6.07, 6.45) is 6.03. The summed E-state index contributed by atoms with van der Waals surface area (Å²) in [5.41, 5.74) is 9.86. The standard InChI is InChI=1S/C46H46N12O4/c1-47-36-24-41(53-58-40(26-49-43(36)58)45(61)51-32-10-11-32)50-33-5-3-4-31(22-33)35-14-6-28(25-48-35)27-55-18-20-56(21-19-55)34-12-7-29(8-13-34)30-9-15-37-39(23-30)54(2)46(62)57(37)38-16-17-42(59)52-44(38)60/h3-9,12-15,22-26,32,38,47H,10-11,16-21,27H2,1-2H3,(H,50,53)(H,51,61)(H,52,59,60). The molecule has 0 radical (unpaired) electrons. The number of rotatable bonds is 11. The number of pyridine rings is 1. The molecule has 314 valence electrons. The number of hydrogen-bond acceptors (Lipinski definition) is 11. The van der Waals surface area contributed by atoms with Gasteiger partial charge in [0.1, 0.15) is 6.04 Å². The Bertz CT molecular complexity index is 2920. The Labute approximate surface area is 356 Å². The number of carbonyl (C=O) groups excluding carboxylic acids is 3. The van der Waals surface area contributed by atoms with Gasteiger partial charge in [0.15, 0.2) is 17.2 Å². The van der Waals surface area contributed by atoms with Crippen LogP contribution in [0.1, 0.15) is 47.8 Å². The highest BCUT2D eigenvalue weighted by Gasteiger charge is 2.31. The predicted molar refractivity (Wildman–Crippen MR) is 238 cm³/mol. The average molecular weight is 831 g/mol. The van der Waals surface area contributed by atoms with Gasteiger partial charge in [-0.3, -0.25) is 38.7 Å². The summed E-state index contributed by atoms with van der Waals surface area (Å²) in [5, 5.41) is 16.7. The molecule has 2 aliphatic heterocycles. The van der Waals surface area contributed by atoms with Crippen LogP contribution in [-0.4, -0.2) is 90.6 Å². The van der Waals surface area contributed by atoms with E-state index in [1.807, 2.05) is 61.8 Å². The Kier molecular flexibility index (Phi) is 9.98. The van der Waals surface area contributed by atoms with E-state index in [1.54, 1.807) is 22.3 Å². The highest BCUT2D eigenvalue weighted by molar-refractivity contribution is 6.00. The average Bonchev–Trinajstić information content (AvgIpc) is 3.95. The van der Waals surface area contributed by atoms with Crippen LogP contribution in [-0.2, 0) is 23.2 Å². The summed E-state index contributed by atoms with van der Waals surface area (Å²) in [7, 11) is 3.53. The Hall–Kier alpha value is -7.33. The van der Waals surface area contributed by atoms with Crippen molar-refractivity contribution in [2.24, 2.45) is 7.05 Å². The van der Waals surface area contributed by atoms with Gasteiger partial charge in [0.2, 0.25) is 11.8 Å². The molecule has 2 saturated heterocycles. The predicted octanol–water partition coefficient (Wildman–Crippen LogP) is 5.09. The molecule has 10 rings (SSSR count). The summed E-state index contributed by atoms with van der Waals surface area (Å²) >= 11 is 0. The molecule has 3 aliphatic rings. The van der Waals surface area contributed by atoms with Crippen LogP contribution in [0.2, 0.25) is 0 Å². The molecule has 4 aromatic heterocycles. The number of carbonyl (C=O) groups is 3. The van der Waals surface area contributed by atoms with E-state index in [0.717, 1.165) is 96.1 Å². The van der Waals surface area contributed by atoms with Gasteiger partial charge in [0.25, 0.3) is 5.91 Å². The van der Waals surface area contributed by atoms with E-state index in [9.17, 15) is 19.2 Å². The van der Waals surface area contributed by atoms with Crippen LogP contribution in [0.25, 0.3) is 39.1 Å². The van der Waals surface area contributed by atoms with Crippen LogP contribution in [0.4, 0.5) is 22.9 Å². The number of fused-ring (bicyclic) bond motifs is 2. The molecular weight excluding hydrogens is 785 g/mol. The maximum Gasteiger partial charge on any atom is 0.329 e. The van der Waals surface area contributed by atoms with Crippen molar-refractivity contribution in [2.45, 2.75) is 44.3 Å². The van der Waals surface area contributed by atoms with Crippen LogP contribution < -0.4 is 31.9 Å². The number of piperidine rings is 1. The van der Waals surface area contributed by atoms with Gasteiger partial charge in [0.05, 0.1) is 28.6 Å². The fourth-order valence-electron chi connectivity index (χ4n) is 8.51. The van der Waals surface area contributed by atoms with Crippen molar-refractivity contribution in [1.82, 2.24) is 44.2 Å². The van der Waals surface area contributed by atoms with Gasteiger partial charge in [-0.1, -0.05) is 36.4 Å². The number of anilines is 4. The zero-order valence-corrected chi connectivity index (χ0v) is 34.5. The fraction of sp³-hybridized carbons (Fsp3) is 0.283. The highest BCUT2D eigenvalue weighted by atomic mass is 16.2. The lowest BCUT2D eigenvalue weighted by Gasteiger charge is -2.36. The molecule has 3 aromatic carbocycles. The third-order valence-electron chi connectivity index (χ3n) is 12.1. The van der Waals surface area contributed by atoms with Crippen LogP contribution in [0, 0.1) is 0 Å². The molecule has 16 heteroatoms. The third kappa shape index (κ3) is 7.53. The molecule has 16 nitrogen and oxygen atoms in total. The van der Waals surface area contributed by atoms with Crippen molar-refractivity contribution in [3.8, 4) is 22.4 Å². The number of imide groups is 1.